The highest BCUT2D eigenvalue weighted by molar-refractivity contribution is 5.75. The summed E-state index contributed by atoms with van der Waals surface area (Å²) in [6, 6.07) is 7.16. The van der Waals surface area contributed by atoms with Crippen LogP contribution in [0.5, 0.6) is 0 Å². The molecule has 150 valence electrons. The molecule has 0 fully saturated rings. The van der Waals surface area contributed by atoms with Gasteiger partial charge in [0, 0.05) is 0 Å². The third-order valence-corrected chi connectivity index (χ3v) is 3.78. The van der Waals surface area contributed by atoms with Crippen molar-refractivity contribution < 1.29 is 25.3 Å². The Hall–Kier alpha value is -1.96. The van der Waals surface area contributed by atoms with E-state index in [1.54, 1.807) is 6.92 Å². The first kappa shape index (κ1) is 26.3. The van der Waals surface area contributed by atoms with E-state index in [0.717, 1.165) is 24.8 Å². The predicted molar refractivity (Wildman–Crippen MR) is 103 cm³/mol. The normalized spacial score (nSPS) is 12.4. The number of unbranched alkanes of at least 4 members (excludes halogenated alkanes) is 1. The fourth-order valence-electron chi connectivity index (χ4n) is 2.19. The van der Waals surface area contributed by atoms with Crippen molar-refractivity contribution in [2.24, 2.45) is 17.4 Å². The Morgan fingerprint density at radius 2 is 1.54 bits per heavy atom. The molecule has 1 aromatic carbocycles. The number of benzene rings is 1. The molecule has 0 saturated carbocycles. The minimum absolute atomic E-state index is 0. The van der Waals surface area contributed by atoms with Gasteiger partial charge < -0.3 is 27.2 Å². The summed E-state index contributed by atoms with van der Waals surface area (Å²) in [6.07, 6.45) is 3.21. The first-order valence-corrected chi connectivity index (χ1v) is 8.69. The van der Waals surface area contributed by atoms with E-state index in [2.05, 4.69) is 13.8 Å². The molecular formula is C19H34N2O5. The minimum atomic E-state index is -0.933. The van der Waals surface area contributed by atoms with E-state index in [1.165, 1.54) is 5.56 Å². The first-order valence-electron chi connectivity index (χ1n) is 8.69. The number of aliphatic carboxylic acids is 2. The molecule has 7 nitrogen and oxygen atoms in total. The summed E-state index contributed by atoms with van der Waals surface area (Å²) in [5.74, 6) is -1.49. The lowest BCUT2D eigenvalue weighted by molar-refractivity contribution is -0.139. The van der Waals surface area contributed by atoms with Crippen LogP contribution in [0.15, 0.2) is 24.3 Å². The van der Waals surface area contributed by atoms with Crippen LogP contribution in [0, 0.1) is 5.92 Å². The van der Waals surface area contributed by atoms with E-state index in [1.807, 2.05) is 24.3 Å². The zero-order valence-corrected chi connectivity index (χ0v) is 15.9. The van der Waals surface area contributed by atoms with Crippen molar-refractivity contribution in [1.29, 1.82) is 0 Å². The summed E-state index contributed by atoms with van der Waals surface area (Å²) >= 11 is 0. The van der Waals surface area contributed by atoms with Crippen LogP contribution in [0.3, 0.4) is 0 Å². The average Bonchev–Trinajstić information content (AvgIpc) is 2.55. The van der Waals surface area contributed by atoms with Gasteiger partial charge in [0.05, 0.1) is 5.92 Å². The van der Waals surface area contributed by atoms with E-state index >= 15 is 0 Å². The molecule has 0 amide bonds. The number of rotatable bonds is 9. The minimum Gasteiger partial charge on any atom is -0.481 e. The van der Waals surface area contributed by atoms with Gasteiger partial charge in [0.2, 0.25) is 0 Å². The Labute approximate surface area is 155 Å². The molecular weight excluding hydrogens is 336 g/mol. The Morgan fingerprint density at radius 3 is 1.92 bits per heavy atom. The van der Waals surface area contributed by atoms with Crippen LogP contribution < -0.4 is 11.5 Å². The molecule has 0 radical (unpaired) electrons. The van der Waals surface area contributed by atoms with Crippen LogP contribution in [0.2, 0.25) is 0 Å². The maximum absolute atomic E-state index is 10.8. The van der Waals surface area contributed by atoms with Gasteiger partial charge in [-0.3, -0.25) is 9.59 Å². The van der Waals surface area contributed by atoms with Crippen molar-refractivity contribution in [3.8, 4) is 0 Å². The Balaban J connectivity index is 0. The lowest BCUT2D eigenvalue weighted by Crippen LogP contribution is -2.29. The van der Waals surface area contributed by atoms with Gasteiger partial charge in [-0.25, -0.2) is 0 Å². The lowest BCUT2D eigenvalue weighted by Gasteiger charge is -2.09. The van der Waals surface area contributed by atoms with Gasteiger partial charge in [-0.15, -0.1) is 0 Å². The van der Waals surface area contributed by atoms with E-state index in [-0.39, 0.29) is 5.48 Å². The SMILES string of the molecule is CC(C)Cc1ccc(C(C)C(=O)O)cc1.NCCCC[C@H](N)C(=O)O.O. The second-order valence-electron chi connectivity index (χ2n) is 6.63. The number of carbonyl (C=O) groups is 2. The molecule has 0 aliphatic carbocycles. The third kappa shape index (κ3) is 11.6. The summed E-state index contributed by atoms with van der Waals surface area (Å²) in [7, 11) is 0. The van der Waals surface area contributed by atoms with Crippen molar-refractivity contribution in [2.75, 3.05) is 6.54 Å². The van der Waals surface area contributed by atoms with Gasteiger partial charge in [0.15, 0.2) is 0 Å². The largest absolute Gasteiger partial charge is 0.481 e. The zero-order chi connectivity index (χ0) is 19.4. The van der Waals surface area contributed by atoms with Gasteiger partial charge in [-0.2, -0.15) is 0 Å². The van der Waals surface area contributed by atoms with Crippen LogP contribution in [0.1, 0.15) is 57.1 Å². The molecule has 7 heteroatoms. The molecule has 0 spiro atoms. The quantitative estimate of drug-likeness (QED) is 0.485. The maximum atomic E-state index is 10.8. The summed E-state index contributed by atoms with van der Waals surface area (Å²) in [5.41, 5.74) is 12.6. The standard InChI is InChI=1S/C13H18O2.C6H14N2O2.H2O/c1-9(2)8-11-4-6-12(7-5-11)10(3)13(14)15;7-4-2-1-3-5(8)6(9)10;/h4-7,9-10H,8H2,1-3H3,(H,14,15);5H,1-4,7-8H2,(H,9,10);1H2/t;5-;/m.0./s1. The van der Waals surface area contributed by atoms with Crippen molar-refractivity contribution >= 4 is 11.9 Å². The molecule has 2 atom stereocenters. The third-order valence-electron chi connectivity index (χ3n) is 3.78. The van der Waals surface area contributed by atoms with Gasteiger partial charge in [0.25, 0.3) is 0 Å². The molecule has 0 aromatic heterocycles. The lowest BCUT2D eigenvalue weighted by atomic mass is 9.97. The molecule has 0 aliphatic rings. The van der Waals surface area contributed by atoms with Crippen LogP contribution in [0.25, 0.3) is 0 Å². The van der Waals surface area contributed by atoms with Crippen molar-refractivity contribution in [3.05, 3.63) is 35.4 Å². The highest BCUT2D eigenvalue weighted by atomic mass is 16.4. The highest BCUT2D eigenvalue weighted by Gasteiger charge is 2.13. The summed E-state index contributed by atoms with van der Waals surface area (Å²) in [6.45, 7) is 6.66. The van der Waals surface area contributed by atoms with E-state index in [0.29, 0.717) is 18.9 Å². The molecule has 1 unspecified atom stereocenters. The van der Waals surface area contributed by atoms with Gasteiger partial charge in [-0.1, -0.05) is 44.5 Å². The van der Waals surface area contributed by atoms with Crippen LogP contribution >= 0.6 is 0 Å². The van der Waals surface area contributed by atoms with Crippen LogP contribution in [-0.2, 0) is 16.0 Å². The molecule has 8 N–H and O–H groups in total. The fraction of sp³-hybridized carbons (Fsp3) is 0.579. The van der Waals surface area contributed by atoms with E-state index in [9.17, 15) is 9.59 Å². The second-order valence-corrected chi connectivity index (χ2v) is 6.63. The number of hydrogen-bond donors (Lipinski definition) is 4. The van der Waals surface area contributed by atoms with Gasteiger partial charge in [0.1, 0.15) is 6.04 Å². The van der Waals surface area contributed by atoms with Crippen molar-refractivity contribution in [3.63, 3.8) is 0 Å². The van der Waals surface area contributed by atoms with Gasteiger partial charge >= 0.3 is 11.9 Å². The second kappa shape index (κ2) is 14.2. The molecule has 0 aliphatic heterocycles. The van der Waals surface area contributed by atoms with Gasteiger partial charge in [-0.05, 0) is 49.8 Å². The molecule has 1 aromatic rings. The maximum Gasteiger partial charge on any atom is 0.320 e. The Bertz CT molecular complexity index is 517. The molecule has 0 bridgehead atoms. The summed E-state index contributed by atoms with van der Waals surface area (Å²) in [5, 5.41) is 17.2. The summed E-state index contributed by atoms with van der Waals surface area (Å²) in [4.78, 5) is 20.9. The first-order chi connectivity index (χ1) is 11.7. The molecule has 0 heterocycles. The monoisotopic (exact) mass is 370 g/mol. The number of nitrogens with two attached hydrogens (primary N) is 2. The number of carboxylic acids is 2. The average molecular weight is 370 g/mol. The molecule has 1 rings (SSSR count). The zero-order valence-electron chi connectivity index (χ0n) is 15.9. The number of hydrogen-bond acceptors (Lipinski definition) is 4. The van der Waals surface area contributed by atoms with E-state index < -0.39 is 23.9 Å². The summed E-state index contributed by atoms with van der Waals surface area (Å²) < 4.78 is 0. The van der Waals surface area contributed by atoms with Crippen molar-refractivity contribution in [2.45, 2.75) is 58.4 Å². The van der Waals surface area contributed by atoms with Crippen LogP contribution in [0.4, 0.5) is 0 Å². The van der Waals surface area contributed by atoms with E-state index in [4.69, 9.17) is 21.7 Å². The molecule has 0 saturated heterocycles. The number of carboxylic acid groups (broad SMARTS) is 2. The van der Waals surface area contributed by atoms with Crippen molar-refractivity contribution in [1.82, 2.24) is 0 Å². The topological polar surface area (TPSA) is 158 Å². The smallest absolute Gasteiger partial charge is 0.320 e. The predicted octanol–water partition coefficient (Wildman–Crippen LogP) is 1.78. The van der Waals surface area contributed by atoms with Crippen LogP contribution in [-0.4, -0.2) is 40.2 Å². The highest BCUT2D eigenvalue weighted by Crippen LogP contribution is 2.17. The molecule has 26 heavy (non-hydrogen) atoms. The Morgan fingerprint density at radius 1 is 1.00 bits per heavy atom. The Kier molecular flexibility index (Phi) is 14.4. The fourth-order valence-corrected chi connectivity index (χ4v) is 2.19.